The van der Waals surface area contributed by atoms with Gasteiger partial charge in [0.2, 0.25) is 0 Å². The van der Waals surface area contributed by atoms with Gasteiger partial charge in [0.25, 0.3) is 11.6 Å². The summed E-state index contributed by atoms with van der Waals surface area (Å²) in [6.07, 6.45) is 1.54. The molecule has 3 rings (SSSR count). The standard InChI is InChI=1S/C18H22N6O3/c1-13-10-17(20-12-19-13)22-6-8-23(9-7-22)18(25)14-4-5-15(21(2)3)16(11-14)24(26)27/h4-5,10-12H,6-9H2,1-3H3. The third-order valence-electron chi connectivity index (χ3n) is 4.58. The monoisotopic (exact) mass is 370 g/mol. The third-order valence-corrected chi connectivity index (χ3v) is 4.58. The molecular formula is C18H22N6O3. The van der Waals surface area contributed by atoms with Crippen molar-refractivity contribution < 1.29 is 9.72 Å². The summed E-state index contributed by atoms with van der Waals surface area (Å²) in [5, 5.41) is 11.3. The van der Waals surface area contributed by atoms with Crippen LogP contribution in [0.25, 0.3) is 0 Å². The van der Waals surface area contributed by atoms with Gasteiger partial charge >= 0.3 is 0 Å². The Kier molecular flexibility index (Phi) is 5.20. The van der Waals surface area contributed by atoms with Crippen LogP contribution >= 0.6 is 0 Å². The van der Waals surface area contributed by atoms with E-state index in [1.54, 1.807) is 36.0 Å². The number of carbonyl (C=O) groups excluding carboxylic acids is 1. The van der Waals surface area contributed by atoms with Crippen LogP contribution in [-0.4, -0.2) is 66.0 Å². The van der Waals surface area contributed by atoms with Crippen molar-refractivity contribution in [2.45, 2.75) is 6.92 Å². The van der Waals surface area contributed by atoms with Crippen molar-refractivity contribution in [1.82, 2.24) is 14.9 Å². The first-order valence-corrected chi connectivity index (χ1v) is 8.65. The van der Waals surface area contributed by atoms with Crippen LogP contribution in [-0.2, 0) is 0 Å². The van der Waals surface area contributed by atoms with Crippen LogP contribution in [0, 0.1) is 17.0 Å². The zero-order chi connectivity index (χ0) is 19.6. The Morgan fingerprint density at radius 3 is 2.44 bits per heavy atom. The van der Waals surface area contributed by atoms with E-state index < -0.39 is 4.92 Å². The molecule has 0 atom stereocenters. The number of benzene rings is 1. The Balaban J connectivity index is 1.72. The molecule has 0 unspecified atom stereocenters. The fraction of sp³-hybridized carbons (Fsp3) is 0.389. The van der Waals surface area contributed by atoms with Gasteiger partial charge in [0.15, 0.2) is 0 Å². The van der Waals surface area contributed by atoms with Gasteiger partial charge in [0, 0.05) is 63.7 Å². The zero-order valence-electron chi connectivity index (χ0n) is 15.6. The fourth-order valence-corrected chi connectivity index (χ4v) is 3.12. The first kappa shape index (κ1) is 18.6. The molecule has 1 fully saturated rings. The molecule has 0 N–H and O–H groups in total. The predicted molar refractivity (Wildman–Crippen MR) is 102 cm³/mol. The topological polar surface area (TPSA) is 95.7 Å². The average molecular weight is 370 g/mol. The van der Waals surface area contributed by atoms with Crippen molar-refractivity contribution in [2.24, 2.45) is 0 Å². The quantitative estimate of drug-likeness (QED) is 0.597. The van der Waals surface area contributed by atoms with Crippen LogP contribution in [0.15, 0.2) is 30.6 Å². The number of anilines is 2. The highest BCUT2D eigenvalue weighted by molar-refractivity contribution is 5.96. The Bertz CT molecular complexity index is 862. The normalized spacial score (nSPS) is 14.2. The Morgan fingerprint density at radius 2 is 1.85 bits per heavy atom. The second-order valence-electron chi connectivity index (χ2n) is 6.65. The predicted octanol–water partition coefficient (Wildman–Crippen LogP) is 1.72. The summed E-state index contributed by atoms with van der Waals surface area (Å²) in [5.41, 5.74) is 1.63. The lowest BCUT2D eigenvalue weighted by atomic mass is 10.1. The van der Waals surface area contributed by atoms with E-state index in [1.807, 2.05) is 13.0 Å². The van der Waals surface area contributed by atoms with Gasteiger partial charge in [-0.3, -0.25) is 14.9 Å². The van der Waals surface area contributed by atoms with Gasteiger partial charge in [-0.15, -0.1) is 0 Å². The number of hydrogen-bond donors (Lipinski definition) is 0. The summed E-state index contributed by atoms with van der Waals surface area (Å²) in [4.78, 5) is 37.6. The number of aryl methyl sites for hydroxylation is 1. The molecule has 0 spiro atoms. The summed E-state index contributed by atoms with van der Waals surface area (Å²) in [7, 11) is 3.47. The molecule has 9 heteroatoms. The van der Waals surface area contributed by atoms with E-state index in [1.165, 1.54) is 12.4 Å². The lowest BCUT2D eigenvalue weighted by Crippen LogP contribution is -2.49. The van der Waals surface area contributed by atoms with Crippen LogP contribution in [0.2, 0.25) is 0 Å². The molecule has 2 heterocycles. The van der Waals surface area contributed by atoms with Gasteiger partial charge in [-0.05, 0) is 19.1 Å². The van der Waals surface area contributed by atoms with Crippen molar-refractivity contribution in [3.8, 4) is 0 Å². The van der Waals surface area contributed by atoms with E-state index in [2.05, 4.69) is 14.9 Å². The van der Waals surface area contributed by atoms with Crippen molar-refractivity contribution in [3.05, 3.63) is 52.0 Å². The Hall–Kier alpha value is -3.23. The van der Waals surface area contributed by atoms with Crippen molar-refractivity contribution in [3.63, 3.8) is 0 Å². The average Bonchev–Trinajstić information content (AvgIpc) is 2.67. The van der Waals surface area contributed by atoms with E-state index in [-0.39, 0.29) is 11.6 Å². The molecule has 1 amide bonds. The number of rotatable bonds is 4. The summed E-state index contributed by atoms with van der Waals surface area (Å²) < 4.78 is 0. The maximum absolute atomic E-state index is 12.8. The van der Waals surface area contributed by atoms with E-state index in [0.717, 1.165) is 11.5 Å². The first-order chi connectivity index (χ1) is 12.9. The highest BCUT2D eigenvalue weighted by Crippen LogP contribution is 2.28. The summed E-state index contributed by atoms with van der Waals surface area (Å²) in [6, 6.07) is 6.54. The molecule has 27 heavy (non-hydrogen) atoms. The van der Waals surface area contributed by atoms with Crippen molar-refractivity contribution >= 4 is 23.1 Å². The highest BCUT2D eigenvalue weighted by Gasteiger charge is 2.25. The molecule has 0 aliphatic carbocycles. The van der Waals surface area contributed by atoms with Crippen LogP contribution in [0.3, 0.4) is 0 Å². The molecule has 1 aromatic heterocycles. The van der Waals surface area contributed by atoms with E-state index >= 15 is 0 Å². The van der Waals surface area contributed by atoms with E-state index in [9.17, 15) is 14.9 Å². The number of hydrogen-bond acceptors (Lipinski definition) is 7. The smallest absolute Gasteiger partial charge is 0.293 e. The van der Waals surface area contributed by atoms with Crippen LogP contribution in [0.4, 0.5) is 17.2 Å². The van der Waals surface area contributed by atoms with Gasteiger partial charge in [0.1, 0.15) is 17.8 Å². The summed E-state index contributed by atoms with van der Waals surface area (Å²) >= 11 is 0. The minimum Gasteiger partial charge on any atom is -0.372 e. The molecule has 2 aromatic rings. The molecule has 0 radical (unpaired) electrons. The number of piperazine rings is 1. The van der Waals surface area contributed by atoms with Gasteiger partial charge in [-0.1, -0.05) is 0 Å². The van der Waals surface area contributed by atoms with Gasteiger partial charge in [-0.2, -0.15) is 0 Å². The molecule has 0 saturated carbocycles. The minimum atomic E-state index is -0.457. The maximum Gasteiger partial charge on any atom is 0.293 e. The second-order valence-corrected chi connectivity index (χ2v) is 6.65. The molecule has 142 valence electrons. The summed E-state index contributed by atoms with van der Waals surface area (Å²) in [6.45, 7) is 4.28. The maximum atomic E-state index is 12.8. The zero-order valence-corrected chi connectivity index (χ0v) is 15.6. The molecule has 0 bridgehead atoms. The van der Waals surface area contributed by atoms with Crippen LogP contribution in [0.5, 0.6) is 0 Å². The number of carbonyl (C=O) groups is 1. The van der Waals surface area contributed by atoms with E-state index in [0.29, 0.717) is 37.4 Å². The number of aromatic nitrogens is 2. The molecule has 1 saturated heterocycles. The van der Waals surface area contributed by atoms with Gasteiger partial charge < -0.3 is 14.7 Å². The third kappa shape index (κ3) is 3.97. The number of nitro benzene ring substituents is 1. The molecule has 9 nitrogen and oxygen atoms in total. The minimum absolute atomic E-state index is 0.0686. The van der Waals surface area contributed by atoms with Crippen LogP contribution in [0.1, 0.15) is 16.1 Å². The first-order valence-electron chi connectivity index (χ1n) is 8.65. The lowest BCUT2D eigenvalue weighted by molar-refractivity contribution is -0.384. The van der Waals surface area contributed by atoms with Crippen molar-refractivity contribution in [2.75, 3.05) is 50.1 Å². The molecular weight excluding hydrogens is 348 g/mol. The summed E-state index contributed by atoms with van der Waals surface area (Å²) in [5.74, 6) is 0.655. The second kappa shape index (κ2) is 7.56. The van der Waals surface area contributed by atoms with Gasteiger partial charge in [0.05, 0.1) is 4.92 Å². The number of amides is 1. The highest BCUT2D eigenvalue weighted by atomic mass is 16.6. The molecule has 1 aromatic carbocycles. The number of nitro groups is 1. The fourth-order valence-electron chi connectivity index (χ4n) is 3.12. The molecule has 1 aliphatic heterocycles. The Morgan fingerprint density at radius 1 is 1.15 bits per heavy atom. The SMILES string of the molecule is Cc1cc(N2CCN(C(=O)c3ccc(N(C)C)c([N+](=O)[O-])c3)CC2)ncn1. The largest absolute Gasteiger partial charge is 0.372 e. The number of nitrogens with zero attached hydrogens (tertiary/aromatic N) is 6. The van der Waals surface area contributed by atoms with E-state index in [4.69, 9.17) is 0 Å². The van der Waals surface area contributed by atoms with Crippen LogP contribution < -0.4 is 9.80 Å². The lowest BCUT2D eigenvalue weighted by Gasteiger charge is -2.35. The Labute approximate surface area is 157 Å². The molecule has 1 aliphatic rings. The van der Waals surface area contributed by atoms with Crippen molar-refractivity contribution in [1.29, 1.82) is 0 Å². The van der Waals surface area contributed by atoms with Gasteiger partial charge in [-0.25, -0.2) is 9.97 Å².